The first-order valence-electron chi connectivity index (χ1n) is 9.40. The average Bonchev–Trinajstić information content (AvgIpc) is 3.30. The van der Waals surface area contributed by atoms with Crippen molar-refractivity contribution in [2.75, 3.05) is 39.3 Å². The number of aliphatic hydroxyl groups excluding tert-OH is 1. The number of likely N-dealkylation sites (tertiary alicyclic amines) is 1. The smallest absolute Gasteiger partial charge is 0.194 e. The summed E-state index contributed by atoms with van der Waals surface area (Å²) in [6, 6.07) is 10.7. The van der Waals surface area contributed by atoms with Gasteiger partial charge in [-0.05, 0) is 18.9 Å². The number of nitrogens with zero attached hydrogens (tertiary/aromatic N) is 3. The number of rotatable bonds is 6. The summed E-state index contributed by atoms with van der Waals surface area (Å²) < 4.78 is 0. The van der Waals surface area contributed by atoms with Gasteiger partial charge in [0.05, 0.1) is 12.6 Å². The number of benzene rings is 1. The zero-order valence-corrected chi connectivity index (χ0v) is 17.9. The van der Waals surface area contributed by atoms with Crippen LogP contribution in [0, 0.1) is 0 Å². The van der Waals surface area contributed by atoms with Gasteiger partial charge in [0, 0.05) is 45.2 Å². The van der Waals surface area contributed by atoms with Crippen LogP contribution >= 0.6 is 24.0 Å². The molecule has 0 aliphatic carbocycles. The highest BCUT2D eigenvalue weighted by Crippen LogP contribution is 2.18. The molecule has 2 aliphatic heterocycles. The Balaban J connectivity index is 0.00000243. The first-order chi connectivity index (χ1) is 12.3. The van der Waals surface area contributed by atoms with E-state index in [1.165, 1.54) is 6.42 Å². The standard InChI is InChI=1S/C20H30N4O.HI/c1-2-21-20(22-15-19(25)14-17-8-4-3-5-9-17)24-13-10-18(16-24)23-11-6-7-12-23;/h3-9,18-19,25H,2,10-16H2,1H3,(H,21,22);1H. The number of guanidine groups is 1. The summed E-state index contributed by atoms with van der Waals surface area (Å²) in [7, 11) is 0. The quantitative estimate of drug-likeness (QED) is 0.290. The van der Waals surface area contributed by atoms with Crippen LogP contribution in [0.2, 0.25) is 0 Å². The maximum Gasteiger partial charge on any atom is 0.194 e. The van der Waals surface area contributed by atoms with E-state index in [1.54, 1.807) is 0 Å². The number of aliphatic imine (C=N–C) groups is 1. The van der Waals surface area contributed by atoms with Crippen molar-refractivity contribution < 1.29 is 5.11 Å². The molecule has 2 atom stereocenters. The van der Waals surface area contributed by atoms with E-state index in [1.807, 2.05) is 30.3 Å². The van der Waals surface area contributed by atoms with Gasteiger partial charge < -0.3 is 15.3 Å². The highest BCUT2D eigenvalue weighted by molar-refractivity contribution is 14.0. The molecule has 2 heterocycles. The van der Waals surface area contributed by atoms with Crippen molar-refractivity contribution >= 4 is 29.9 Å². The Morgan fingerprint density at radius 2 is 2.00 bits per heavy atom. The van der Waals surface area contributed by atoms with Gasteiger partial charge in [-0.1, -0.05) is 42.5 Å². The van der Waals surface area contributed by atoms with Crippen molar-refractivity contribution in [3.05, 3.63) is 48.0 Å². The Morgan fingerprint density at radius 1 is 1.27 bits per heavy atom. The molecule has 1 saturated heterocycles. The fourth-order valence-electron chi connectivity index (χ4n) is 3.59. The van der Waals surface area contributed by atoms with E-state index in [2.05, 4.69) is 34.2 Å². The Labute approximate surface area is 174 Å². The lowest BCUT2D eigenvalue weighted by Gasteiger charge is -2.25. The summed E-state index contributed by atoms with van der Waals surface area (Å²) in [6.07, 6.45) is 5.88. The van der Waals surface area contributed by atoms with Gasteiger partial charge in [-0.3, -0.25) is 9.89 Å². The molecule has 2 aliphatic rings. The van der Waals surface area contributed by atoms with E-state index >= 15 is 0 Å². The lowest BCUT2D eigenvalue weighted by Crippen LogP contribution is -2.43. The summed E-state index contributed by atoms with van der Waals surface area (Å²) in [5.41, 5.74) is 1.15. The predicted octanol–water partition coefficient (Wildman–Crippen LogP) is 2.12. The van der Waals surface area contributed by atoms with Crippen LogP contribution in [0.4, 0.5) is 0 Å². The number of halogens is 1. The minimum absolute atomic E-state index is 0. The molecule has 6 heteroatoms. The fraction of sp³-hybridized carbons (Fsp3) is 0.550. The molecule has 0 bridgehead atoms. The van der Waals surface area contributed by atoms with Gasteiger partial charge in [-0.15, -0.1) is 24.0 Å². The number of hydrogen-bond acceptors (Lipinski definition) is 3. The Bertz CT molecular complexity index is 585. The molecular formula is C20H31IN4O. The van der Waals surface area contributed by atoms with Crippen molar-refractivity contribution in [3.8, 4) is 0 Å². The highest BCUT2D eigenvalue weighted by atomic mass is 127. The molecule has 3 rings (SSSR count). The molecule has 0 amide bonds. The normalized spacial score (nSPS) is 21.7. The van der Waals surface area contributed by atoms with Gasteiger partial charge in [0.2, 0.25) is 0 Å². The van der Waals surface area contributed by atoms with Crippen molar-refractivity contribution in [2.24, 2.45) is 4.99 Å². The average molecular weight is 470 g/mol. The summed E-state index contributed by atoms with van der Waals surface area (Å²) in [4.78, 5) is 9.56. The molecule has 1 aromatic rings. The molecule has 26 heavy (non-hydrogen) atoms. The number of aliphatic hydroxyl groups is 1. The van der Waals surface area contributed by atoms with Gasteiger partial charge in [0.1, 0.15) is 0 Å². The maximum atomic E-state index is 10.3. The van der Waals surface area contributed by atoms with Gasteiger partial charge >= 0.3 is 0 Å². The van der Waals surface area contributed by atoms with Crippen LogP contribution in [0.1, 0.15) is 18.9 Å². The zero-order valence-electron chi connectivity index (χ0n) is 15.6. The molecule has 2 unspecified atom stereocenters. The Morgan fingerprint density at radius 3 is 2.69 bits per heavy atom. The Kier molecular flexibility index (Phi) is 8.87. The molecule has 0 spiro atoms. The lowest BCUT2D eigenvalue weighted by atomic mass is 10.1. The summed E-state index contributed by atoms with van der Waals surface area (Å²) >= 11 is 0. The minimum Gasteiger partial charge on any atom is -0.391 e. The van der Waals surface area contributed by atoms with Crippen LogP contribution in [-0.4, -0.2) is 72.3 Å². The van der Waals surface area contributed by atoms with Crippen LogP contribution in [0.15, 0.2) is 47.5 Å². The first kappa shape index (κ1) is 21.2. The molecule has 1 aromatic carbocycles. The maximum absolute atomic E-state index is 10.3. The third-order valence-corrected chi connectivity index (χ3v) is 4.93. The van der Waals surface area contributed by atoms with E-state index in [0.717, 1.165) is 44.2 Å². The van der Waals surface area contributed by atoms with E-state index in [0.29, 0.717) is 19.0 Å². The predicted molar refractivity (Wildman–Crippen MR) is 118 cm³/mol. The van der Waals surface area contributed by atoms with E-state index in [9.17, 15) is 5.11 Å². The van der Waals surface area contributed by atoms with Crippen LogP contribution in [0.3, 0.4) is 0 Å². The third-order valence-electron chi connectivity index (χ3n) is 4.93. The van der Waals surface area contributed by atoms with E-state index in [-0.39, 0.29) is 24.0 Å². The van der Waals surface area contributed by atoms with Crippen molar-refractivity contribution in [1.82, 2.24) is 15.1 Å². The van der Waals surface area contributed by atoms with Crippen LogP contribution in [-0.2, 0) is 6.42 Å². The summed E-state index contributed by atoms with van der Waals surface area (Å²) in [6.45, 7) is 7.56. The minimum atomic E-state index is -0.447. The van der Waals surface area contributed by atoms with Crippen molar-refractivity contribution in [3.63, 3.8) is 0 Å². The number of hydrogen-bond donors (Lipinski definition) is 2. The lowest BCUT2D eigenvalue weighted by molar-refractivity contribution is 0.183. The topological polar surface area (TPSA) is 51.1 Å². The van der Waals surface area contributed by atoms with Gasteiger partial charge in [0.25, 0.3) is 0 Å². The SMILES string of the molecule is CCNC(=NCC(O)Cc1ccccc1)N1CCC(N2CC=CC2)C1.I. The summed E-state index contributed by atoms with van der Waals surface area (Å²) in [5, 5.41) is 13.7. The molecule has 0 radical (unpaired) electrons. The second-order valence-corrected chi connectivity index (χ2v) is 6.85. The largest absolute Gasteiger partial charge is 0.391 e. The zero-order chi connectivity index (χ0) is 17.5. The van der Waals surface area contributed by atoms with Crippen LogP contribution < -0.4 is 5.32 Å². The molecule has 1 fully saturated rings. The monoisotopic (exact) mass is 470 g/mol. The third kappa shape index (κ3) is 5.96. The molecule has 0 aromatic heterocycles. The number of nitrogens with one attached hydrogen (secondary N) is 1. The molecule has 0 saturated carbocycles. The molecule has 2 N–H and O–H groups in total. The van der Waals surface area contributed by atoms with Crippen LogP contribution in [0.25, 0.3) is 0 Å². The van der Waals surface area contributed by atoms with E-state index in [4.69, 9.17) is 4.99 Å². The van der Waals surface area contributed by atoms with E-state index < -0.39 is 6.10 Å². The highest BCUT2D eigenvalue weighted by Gasteiger charge is 2.29. The van der Waals surface area contributed by atoms with Crippen molar-refractivity contribution in [2.45, 2.75) is 31.9 Å². The second-order valence-electron chi connectivity index (χ2n) is 6.85. The second kappa shape index (κ2) is 10.9. The molecular weight excluding hydrogens is 439 g/mol. The molecule has 5 nitrogen and oxygen atoms in total. The summed E-state index contributed by atoms with van der Waals surface area (Å²) in [5.74, 6) is 0.935. The van der Waals surface area contributed by atoms with Gasteiger partial charge in [-0.25, -0.2) is 0 Å². The van der Waals surface area contributed by atoms with Crippen molar-refractivity contribution in [1.29, 1.82) is 0 Å². The first-order valence-corrected chi connectivity index (χ1v) is 9.40. The van der Waals surface area contributed by atoms with Gasteiger partial charge in [-0.2, -0.15) is 0 Å². The van der Waals surface area contributed by atoms with Gasteiger partial charge in [0.15, 0.2) is 5.96 Å². The fourth-order valence-corrected chi connectivity index (χ4v) is 3.59. The van der Waals surface area contributed by atoms with Crippen LogP contribution in [0.5, 0.6) is 0 Å². The Hall–Kier alpha value is -1.12. The molecule has 144 valence electrons.